The largest absolute Gasteiger partial charge is 0.429 e. The Morgan fingerprint density at radius 1 is 0.900 bits per heavy atom. The van der Waals surface area contributed by atoms with Crippen LogP contribution < -0.4 is 9.61 Å². The first-order valence-electron chi connectivity index (χ1n) is 6.54. The number of hydrogen-bond donors (Lipinski definition) is 1. The predicted molar refractivity (Wildman–Crippen MR) is 84.9 cm³/mol. The van der Waals surface area contributed by atoms with Crippen molar-refractivity contribution in [2.75, 3.05) is 11.8 Å². The summed E-state index contributed by atoms with van der Waals surface area (Å²) in [7, 11) is -2.94. The van der Waals surface area contributed by atoms with Crippen LogP contribution in [-0.2, 0) is 4.57 Å². The fourth-order valence-corrected chi connectivity index (χ4v) is 3.24. The van der Waals surface area contributed by atoms with E-state index in [1.807, 2.05) is 57.2 Å². The van der Waals surface area contributed by atoms with E-state index >= 15 is 0 Å². The first-order valence-corrected chi connectivity index (χ1v) is 8.62. The molecule has 3 nitrogen and oxygen atoms in total. The first-order chi connectivity index (χ1) is 9.34. The molecule has 0 aliphatic rings. The highest BCUT2D eigenvalue weighted by molar-refractivity contribution is 7.60. The third kappa shape index (κ3) is 4.14. The van der Waals surface area contributed by atoms with Crippen LogP contribution in [0.25, 0.3) is 0 Å². The van der Waals surface area contributed by atoms with Gasteiger partial charge >= 0.3 is 7.52 Å². The SMILES string of the molecule is Cc1ccc(N[P@](C)(=O)Oc2cc(C)cc(C)c2)cc1. The lowest BCUT2D eigenvalue weighted by atomic mass is 10.1. The summed E-state index contributed by atoms with van der Waals surface area (Å²) in [5.74, 6) is 0.632. The van der Waals surface area contributed by atoms with Crippen LogP contribution in [0.4, 0.5) is 5.69 Å². The standard InChI is InChI=1S/C16H20NO2P/c1-12-5-7-15(8-6-12)17-20(4,18)19-16-10-13(2)9-14(3)11-16/h5-11H,1-4H3,(H,17,18)/t20-/m1/s1. The topological polar surface area (TPSA) is 38.3 Å². The third-order valence-electron chi connectivity index (χ3n) is 2.86. The van der Waals surface area contributed by atoms with Crippen LogP contribution in [0.2, 0.25) is 0 Å². The molecule has 1 N–H and O–H groups in total. The van der Waals surface area contributed by atoms with Gasteiger partial charge in [0.15, 0.2) is 0 Å². The number of hydrogen-bond acceptors (Lipinski definition) is 2. The Morgan fingerprint density at radius 2 is 1.45 bits per heavy atom. The summed E-state index contributed by atoms with van der Waals surface area (Å²) < 4.78 is 18.2. The van der Waals surface area contributed by atoms with Gasteiger partial charge in [-0.3, -0.25) is 4.57 Å². The van der Waals surface area contributed by atoms with Crippen molar-refractivity contribution in [3.05, 3.63) is 59.2 Å². The normalized spacial score (nSPS) is 13.6. The zero-order valence-corrected chi connectivity index (χ0v) is 13.2. The van der Waals surface area contributed by atoms with Crippen molar-refractivity contribution in [1.29, 1.82) is 0 Å². The van der Waals surface area contributed by atoms with Gasteiger partial charge in [-0.15, -0.1) is 0 Å². The molecule has 0 amide bonds. The summed E-state index contributed by atoms with van der Waals surface area (Å²) in [5, 5.41) is 2.97. The van der Waals surface area contributed by atoms with Gasteiger partial charge in [0.05, 0.1) is 0 Å². The molecule has 2 aromatic carbocycles. The van der Waals surface area contributed by atoms with Crippen LogP contribution in [0.5, 0.6) is 5.75 Å². The number of rotatable bonds is 4. The van der Waals surface area contributed by atoms with Crippen molar-refractivity contribution >= 4 is 13.2 Å². The maximum absolute atomic E-state index is 12.5. The highest BCUT2D eigenvalue weighted by Gasteiger charge is 2.17. The molecule has 2 rings (SSSR count). The number of benzene rings is 2. The van der Waals surface area contributed by atoms with Crippen molar-refractivity contribution in [3.8, 4) is 5.75 Å². The van der Waals surface area contributed by atoms with E-state index in [0.717, 1.165) is 22.4 Å². The molecule has 0 heterocycles. The summed E-state index contributed by atoms with van der Waals surface area (Å²) in [6.45, 7) is 7.59. The van der Waals surface area contributed by atoms with Gasteiger partial charge in [0, 0.05) is 12.4 Å². The van der Waals surface area contributed by atoms with Gasteiger partial charge in [-0.25, -0.2) is 0 Å². The van der Waals surface area contributed by atoms with Crippen molar-refractivity contribution in [2.45, 2.75) is 20.8 Å². The van der Waals surface area contributed by atoms with Crippen LogP contribution >= 0.6 is 7.52 Å². The molecule has 2 aromatic rings. The zero-order chi connectivity index (χ0) is 14.8. The monoisotopic (exact) mass is 289 g/mol. The van der Waals surface area contributed by atoms with Crippen molar-refractivity contribution in [2.24, 2.45) is 0 Å². The summed E-state index contributed by atoms with van der Waals surface area (Å²) in [4.78, 5) is 0. The van der Waals surface area contributed by atoms with E-state index < -0.39 is 7.52 Å². The summed E-state index contributed by atoms with van der Waals surface area (Å²) in [6, 6.07) is 13.6. The quantitative estimate of drug-likeness (QED) is 0.811. The summed E-state index contributed by atoms with van der Waals surface area (Å²) in [6.07, 6.45) is 0. The Hall–Kier alpha value is -1.73. The minimum Gasteiger partial charge on any atom is -0.429 e. The lowest BCUT2D eigenvalue weighted by Crippen LogP contribution is -2.02. The Kier molecular flexibility index (Phi) is 4.20. The van der Waals surface area contributed by atoms with Crippen molar-refractivity contribution in [1.82, 2.24) is 0 Å². The third-order valence-corrected chi connectivity index (χ3v) is 4.08. The second kappa shape index (κ2) is 5.72. The summed E-state index contributed by atoms with van der Waals surface area (Å²) in [5.41, 5.74) is 4.15. The Bertz CT molecular complexity index is 630. The smallest absolute Gasteiger partial charge is 0.338 e. The maximum atomic E-state index is 12.5. The minimum atomic E-state index is -2.94. The van der Waals surface area contributed by atoms with Crippen LogP contribution in [0.1, 0.15) is 16.7 Å². The molecule has 0 aliphatic heterocycles. The zero-order valence-electron chi connectivity index (χ0n) is 12.3. The molecule has 20 heavy (non-hydrogen) atoms. The molecule has 0 saturated carbocycles. The minimum absolute atomic E-state index is 0.632. The second-order valence-corrected chi connectivity index (χ2v) is 7.34. The molecule has 0 radical (unpaired) electrons. The van der Waals surface area contributed by atoms with E-state index in [2.05, 4.69) is 11.2 Å². The van der Waals surface area contributed by atoms with Gasteiger partial charge in [-0.1, -0.05) is 23.8 Å². The van der Waals surface area contributed by atoms with E-state index in [1.54, 1.807) is 6.66 Å². The molecule has 0 bridgehead atoms. The molecule has 106 valence electrons. The van der Waals surface area contributed by atoms with E-state index in [1.165, 1.54) is 0 Å². The number of anilines is 1. The first kappa shape index (κ1) is 14.7. The van der Waals surface area contributed by atoms with Crippen molar-refractivity contribution in [3.63, 3.8) is 0 Å². The molecular weight excluding hydrogens is 269 g/mol. The average molecular weight is 289 g/mol. The van der Waals surface area contributed by atoms with E-state index in [0.29, 0.717) is 5.75 Å². The second-order valence-electron chi connectivity index (χ2n) is 5.24. The van der Waals surface area contributed by atoms with Crippen LogP contribution in [-0.4, -0.2) is 6.66 Å². The van der Waals surface area contributed by atoms with Gasteiger partial charge in [-0.2, -0.15) is 0 Å². The molecule has 0 fully saturated rings. The lowest BCUT2D eigenvalue weighted by molar-refractivity contribution is 0.493. The Morgan fingerprint density at radius 3 is 2.00 bits per heavy atom. The highest BCUT2D eigenvalue weighted by Crippen LogP contribution is 2.43. The molecule has 0 aromatic heterocycles. The predicted octanol–water partition coefficient (Wildman–Crippen LogP) is 4.93. The van der Waals surface area contributed by atoms with Gasteiger partial charge in [0.1, 0.15) is 5.75 Å². The summed E-state index contributed by atoms with van der Waals surface area (Å²) >= 11 is 0. The lowest BCUT2D eigenvalue weighted by Gasteiger charge is -2.18. The van der Waals surface area contributed by atoms with Gasteiger partial charge in [0.2, 0.25) is 0 Å². The molecule has 0 saturated heterocycles. The van der Waals surface area contributed by atoms with Gasteiger partial charge in [-0.05, 0) is 56.2 Å². The van der Waals surface area contributed by atoms with Crippen molar-refractivity contribution < 1.29 is 9.09 Å². The van der Waals surface area contributed by atoms with E-state index in [-0.39, 0.29) is 0 Å². The molecular formula is C16H20NO2P. The fourth-order valence-electron chi connectivity index (χ4n) is 2.07. The average Bonchev–Trinajstić information content (AvgIpc) is 2.29. The molecule has 0 spiro atoms. The fraction of sp³-hybridized carbons (Fsp3) is 0.250. The molecule has 4 heteroatoms. The van der Waals surface area contributed by atoms with Gasteiger partial charge < -0.3 is 9.61 Å². The maximum Gasteiger partial charge on any atom is 0.338 e. The van der Waals surface area contributed by atoms with Gasteiger partial charge in [0.25, 0.3) is 0 Å². The highest BCUT2D eigenvalue weighted by atomic mass is 31.2. The number of nitrogens with one attached hydrogen (secondary N) is 1. The van der Waals surface area contributed by atoms with E-state index in [9.17, 15) is 4.57 Å². The Balaban J connectivity index is 2.14. The molecule has 0 unspecified atom stereocenters. The Labute approximate surface area is 120 Å². The molecule has 0 aliphatic carbocycles. The van der Waals surface area contributed by atoms with Crippen LogP contribution in [0.15, 0.2) is 42.5 Å². The van der Waals surface area contributed by atoms with Crippen LogP contribution in [0, 0.1) is 20.8 Å². The number of aryl methyl sites for hydroxylation is 3. The molecule has 1 atom stereocenters. The van der Waals surface area contributed by atoms with E-state index in [4.69, 9.17) is 4.52 Å². The van der Waals surface area contributed by atoms with Crippen LogP contribution in [0.3, 0.4) is 0 Å².